The molecule has 3 heterocycles. The molecule has 0 bridgehead atoms. The molecule has 0 atom stereocenters. The van der Waals surface area contributed by atoms with Gasteiger partial charge in [0.2, 0.25) is 10.0 Å². The maximum absolute atomic E-state index is 13.6. The minimum atomic E-state index is -3.22. The van der Waals surface area contributed by atoms with Crippen LogP contribution in [-0.4, -0.2) is 60.0 Å². The van der Waals surface area contributed by atoms with E-state index < -0.39 is 21.7 Å². The summed E-state index contributed by atoms with van der Waals surface area (Å²) >= 11 is 0. The van der Waals surface area contributed by atoms with Crippen LogP contribution in [0.25, 0.3) is 11.1 Å². The molecule has 0 aliphatic carbocycles. The Hall–Kier alpha value is -3.46. The zero-order chi connectivity index (χ0) is 24.3. The van der Waals surface area contributed by atoms with Crippen LogP contribution >= 0.6 is 0 Å². The molecule has 2 aromatic heterocycles. The highest BCUT2D eigenvalue weighted by Crippen LogP contribution is 2.28. The van der Waals surface area contributed by atoms with Gasteiger partial charge in [-0.15, -0.1) is 0 Å². The molecule has 1 fully saturated rings. The fourth-order valence-electron chi connectivity index (χ4n) is 3.65. The van der Waals surface area contributed by atoms with Gasteiger partial charge >= 0.3 is 0 Å². The average Bonchev–Trinajstić information content (AvgIpc) is 2.80. The van der Waals surface area contributed by atoms with Crippen LogP contribution in [0.4, 0.5) is 8.78 Å². The van der Waals surface area contributed by atoms with E-state index in [4.69, 9.17) is 4.74 Å². The fraction of sp³-hybridized carbons (Fsp3) is 0.261. The molecule has 0 N–H and O–H groups in total. The lowest BCUT2D eigenvalue weighted by atomic mass is 10.1. The van der Waals surface area contributed by atoms with E-state index in [9.17, 15) is 22.5 Å². The number of sulfonamides is 1. The first-order valence-corrected chi connectivity index (χ1v) is 12.2. The van der Waals surface area contributed by atoms with Gasteiger partial charge in [-0.2, -0.15) is 9.57 Å². The van der Waals surface area contributed by atoms with Crippen molar-refractivity contribution in [2.45, 2.75) is 6.54 Å². The van der Waals surface area contributed by atoms with Gasteiger partial charge in [0.15, 0.2) is 11.6 Å². The largest absolute Gasteiger partial charge is 0.456 e. The van der Waals surface area contributed by atoms with Crippen molar-refractivity contribution in [3.8, 4) is 28.7 Å². The van der Waals surface area contributed by atoms with E-state index in [0.29, 0.717) is 61.0 Å². The molecule has 3 aromatic rings. The van der Waals surface area contributed by atoms with Crippen LogP contribution < -0.4 is 4.74 Å². The number of benzene rings is 1. The molecule has 0 spiro atoms. The summed E-state index contributed by atoms with van der Waals surface area (Å²) in [6, 6.07) is 10.4. The van der Waals surface area contributed by atoms with Crippen LogP contribution in [0.5, 0.6) is 11.5 Å². The Morgan fingerprint density at radius 2 is 1.76 bits per heavy atom. The van der Waals surface area contributed by atoms with Crippen LogP contribution in [0.2, 0.25) is 0 Å². The van der Waals surface area contributed by atoms with E-state index in [1.165, 1.54) is 35.1 Å². The third-order valence-corrected chi connectivity index (χ3v) is 6.66. The standard InChI is InChI=1S/C23H21F2N5O3S/c1-34(31,32)30-6-4-29(5-7-30)15-19-11-20(10-18(12-26)28-19)33-21-8-17(13-27-14-21)16-2-3-22(24)23(25)9-16/h2-3,8-11,13-14H,4-7,15H2,1H3. The van der Waals surface area contributed by atoms with Crippen molar-refractivity contribution >= 4 is 10.0 Å². The third-order valence-electron chi connectivity index (χ3n) is 5.35. The Morgan fingerprint density at radius 1 is 1.00 bits per heavy atom. The van der Waals surface area contributed by atoms with Gasteiger partial charge in [-0.1, -0.05) is 6.07 Å². The topological polar surface area (TPSA) is 99.4 Å². The first-order valence-electron chi connectivity index (χ1n) is 10.4. The first-order chi connectivity index (χ1) is 16.2. The molecule has 0 amide bonds. The van der Waals surface area contributed by atoms with E-state index in [-0.39, 0.29) is 5.69 Å². The zero-order valence-corrected chi connectivity index (χ0v) is 19.1. The quantitative estimate of drug-likeness (QED) is 0.529. The van der Waals surface area contributed by atoms with Gasteiger partial charge < -0.3 is 4.74 Å². The zero-order valence-electron chi connectivity index (χ0n) is 18.3. The normalized spacial score (nSPS) is 15.1. The Balaban J connectivity index is 1.50. The van der Waals surface area contributed by atoms with Crippen molar-refractivity contribution in [2.24, 2.45) is 0 Å². The molecule has 1 aliphatic heterocycles. The number of nitrogens with zero attached hydrogens (tertiary/aromatic N) is 5. The minimum Gasteiger partial charge on any atom is -0.456 e. The molecule has 1 aliphatic rings. The van der Waals surface area contributed by atoms with E-state index in [1.807, 2.05) is 6.07 Å². The molecule has 4 rings (SSSR count). The number of nitriles is 1. The molecule has 11 heteroatoms. The number of hydrogen-bond donors (Lipinski definition) is 0. The smallest absolute Gasteiger partial charge is 0.211 e. The lowest BCUT2D eigenvalue weighted by molar-refractivity contribution is 0.180. The number of piperazine rings is 1. The number of rotatable bonds is 6. The predicted molar refractivity (Wildman–Crippen MR) is 120 cm³/mol. The Kier molecular flexibility index (Phi) is 6.83. The summed E-state index contributed by atoms with van der Waals surface area (Å²) in [5.74, 6) is -1.17. The van der Waals surface area contributed by atoms with E-state index in [0.717, 1.165) is 12.1 Å². The van der Waals surface area contributed by atoms with Gasteiger partial charge in [-0.25, -0.2) is 22.2 Å². The van der Waals surface area contributed by atoms with Crippen molar-refractivity contribution in [3.63, 3.8) is 0 Å². The molecule has 0 radical (unpaired) electrons. The summed E-state index contributed by atoms with van der Waals surface area (Å²) in [7, 11) is -3.22. The summed E-state index contributed by atoms with van der Waals surface area (Å²) in [6.07, 6.45) is 4.18. The second kappa shape index (κ2) is 9.80. The number of halogens is 2. The Labute approximate surface area is 196 Å². The second-order valence-corrected chi connectivity index (χ2v) is 9.85. The van der Waals surface area contributed by atoms with Crippen LogP contribution in [-0.2, 0) is 16.6 Å². The van der Waals surface area contributed by atoms with Gasteiger partial charge in [0.05, 0.1) is 18.1 Å². The fourth-order valence-corrected chi connectivity index (χ4v) is 4.48. The van der Waals surface area contributed by atoms with Gasteiger partial charge in [-0.3, -0.25) is 9.88 Å². The van der Waals surface area contributed by atoms with Gasteiger partial charge in [0.1, 0.15) is 23.3 Å². The van der Waals surface area contributed by atoms with Crippen molar-refractivity contribution in [1.82, 2.24) is 19.2 Å². The van der Waals surface area contributed by atoms with Gasteiger partial charge in [0, 0.05) is 56.6 Å². The Bertz CT molecular complexity index is 1350. The van der Waals surface area contributed by atoms with Crippen molar-refractivity contribution in [2.75, 3.05) is 32.4 Å². The van der Waals surface area contributed by atoms with Crippen molar-refractivity contribution in [1.29, 1.82) is 5.26 Å². The van der Waals surface area contributed by atoms with E-state index in [2.05, 4.69) is 14.9 Å². The lowest BCUT2D eigenvalue weighted by Crippen LogP contribution is -2.47. The first kappa shape index (κ1) is 23.7. The summed E-state index contributed by atoms with van der Waals surface area (Å²) in [5, 5.41) is 9.39. The second-order valence-electron chi connectivity index (χ2n) is 7.87. The highest BCUT2D eigenvalue weighted by molar-refractivity contribution is 7.88. The van der Waals surface area contributed by atoms with E-state index in [1.54, 1.807) is 12.1 Å². The lowest BCUT2D eigenvalue weighted by Gasteiger charge is -2.32. The molecule has 176 valence electrons. The number of pyridine rings is 2. The molecule has 0 unspecified atom stereocenters. The average molecular weight is 486 g/mol. The molecule has 8 nitrogen and oxygen atoms in total. The number of aromatic nitrogens is 2. The summed E-state index contributed by atoms with van der Waals surface area (Å²) < 4.78 is 57.6. The predicted octanol–water partition coefficient (Wildman–Crippen LogP) is 3.16. The monoisotopic (exact) mass is 485 g/mol. The molecule has 0 saturated carbocycles. The highest BCUT2D eigenvalue weighted by Gasteiger charge is 2.23. The van der Waals surface area contributed by atoms with Crippen LogP contribution in [0.1, 0.15) is 11.4 Å². The number of hydrogen-bond acceptors (Lipinski definition) is 7. The van der Waals surface area contributed by atoms with Crippen molar-refractivity contribution < 1.29 is 21.9 Å². The van der Waals surface area contributed by atoms with Crippen LogP contribution in [0.15, 0.2) is 48.8 Å². The van der Waals surface area contributed by atoms with Crippen LogP contribution in [0.3, 0.4) is 0 Å². The van der Waals surface area contributed by atoms with Gasteiger partial charge in [-0.05, 0) is 23.8 Å². The maximum Gasteiger partial charge on any atom is 0.211 e. The molecule has 1 saturated heterocycles. The summed E-state index contributed by atoms with van der Waals surface area (Å²) in [6.45, 7) is 2.30. The maximum atomic E-state index is 13.6. The summed E-state index contributed by atoms with van der Waals surface area (Å²) in [5.41, 5.74) is 1.76. The van der Waals surface area contributed by atoms with Gasteiger partial charge in [0.25, 0.3) is 0 Å². The third kappa shape index (κ3) is 5.72. The van der Waals surface area contributed by atoms with E-state index >= 15 is 0 Å². The SMILES string of the molecule is CS(=O)(=O)N1CCN(Cc2cc(Oc3cncc(-c4ccc(F)c(F)c4)c3)cc(C#N)n2)CC1. The van der Waals surface area contributed by atoms with Crippen LogP contribution in [0, 0.1) is 23.0 Å². The molecule has 1 aromatic carbocycles. The van der Waals surface area contributed by atoms with Crippen molar-refractivity contribution in [3.05, 3.63) is 71.8 Å². The molecular formula is C23H21F2N5O3S. The number of ether oxygens (including phenoxy) is 1. The summed E-state index contributed by atoms with van der Waals surface area (Å²) in [4.78, 5) is 10.5. The highest BCUT2D eigenvalue weighted by atomic mass is 32.2. The minimum absolute atomic E-state index is 0.173. The molecule has 34 heavy (non-hydrogen) atoms. The molecular weight excluding hydrogens is 464 g/mol. The Morgan fingerprint density at radius 3 is 2.44 bits per heavy atom.